The molecule has 2 atom stereocenters. The lowest BCUT2D eigenvalue weighted by Gasteiger charge is -2.23. The summed E-state index contributed by atoms with van der Waals surface area (Å²) < 4.78 is 5.87. The Morgan fingerprint density at radius 2 is 1.61 bits per heavy atom. The van der Waals surface area contributed by atoms with Crippen LogP contribution in [0.1, 0.15) is 34.6 Å². The minimum atomic E-state index is -0.227. The van der Waals surface area contributed by atoms with Crippen LogP contribution in [-0.4, -0.2) is 35.8 Å². The lowest BCUT2D eigenvalue weighted by atomic mass is 9.91. The number of carbonyl (C=O) groups excluding carboxylic acids is 1. The van der Waals surface area contributed by atoms with E-state index in [4.69, 9.17) is 4.74 Å². The van der Waals surface area contributed by atoms with Crippen LogP contribution in [0.5, 0.6) is 0 Å². The highest BCUT2D eigenvalue weighted by Crippen LogP contribution is 2.59. The van der Waals surface area contributed by atoms with E-state index in [-0.39, 0.29) is 24.0 Å². The van der Waals surface area contributed by atoms with E-state index in [9.17, 15) is 9.90 Å². The fourth-order valence-corrected chi connectivity index (χ4v) is 5.87. The number of hydrogen-bond acceptors (Lipinski definition) is 3. The first-order valence-electron chi connectivity index (χ1n) is 11.0. The van der Waals surface area contributed by atoms with Crippen LogP contribution in [0.4, 0.5) is 4.79 Å². The summed E-state index contributed by atoms with van der Waals surface area (Å²) in [6.07, 6.45) is 0.854. The van der Waals surface area contributed by atoms with E-state index >= 15 is 0 Å². The molecule has 3 aromatic rings. The fraction of sp³-hybridized carbons (Fsp3) is 0.296. The molecule has 1 amide bonds. The number of carbonyl (C=O) groups is 1. The quantitative estimate of drug-likeness (QED) is 0.677. The van der Waals surface area contributed by atoms with Crippen LogP contribution >= 0.6 is 0 Å². The minimum Gasteiger partial charge on any atom is -0.448 e. The third-order valence-electron chi connectivity index (χ3n) is 7.46. The maximum atomic E-state index is 13.0. The molecule has 1 saturated carbocycles. The number of likely N-dealkylation sites (tertiary alicyclic amines) is 1. The first kappa shape index (κ1) is 18.6. The Kier molecular flexibility index (Phi) is 4.19. The van der Waals surface area contributed by atoms with Gasteiger partial charge in [-0.15, -0.1) is 0 Å². The van der Waals surface area contributed by atoms with Crippen molar-refractivity contribution < 1.29 is 14.6 Å². The van der Waals surface area contributed by atoms with Crippen molar-refractivity contribution >= 4 is 6.09 Å². The summed E-state index contributed by atoms with van der Waals surface area (Å²) in [5.41, 5.74) is 7.09. The van der Waals surface area contributed by atoms with Crippen LogP contribution in [0.3, 0.4) is 0 Å². The van der Waals surface area contributed by atoms with Gasteiger partial charge in [0.05, 0.1) is 6.61 Å². The summed E-state index contributed by atoms with van der Waals surface area (Å²) in [5, 5.41) is 9.75. The van der Waals surface area contributed by atoms with Gasteiger partial charge < -0.3 is 14.7 Å². The minimum absolute atomic E-state index is 0.00903. The molecule has 2 unspecified atom stereocenters. The second kappa shape index (κ2) is 6.96. The third kappa shape index (κ3) is 2.82. The molecule has 31 heavy (non-hydrogen) atoms. The maximum Gasteiger partial charge on any atom is 0.409 e. The zero-order valence-electron chi connectivity index (χ0n) is 17.3. The molecule has 1 N–H and O–H groups in total. The Balaban J connectivity index is 1.18. The molecule has 3 aliphatic rings. The molecule has 2 fully saturated rings. The number of amides is 1. The monoisotopic (exact) mass is 411 g/mol. The van der Waals surface area contributed by atoms with E-state index in [1.807, 2.05) is 23.1 Å². The third-order valence-corrected chi connectivity index (χ3v) is 7.46. The van der Waals surface area contributed by atoms with Crippen molar-refractivity contribution in [2.75, 3.05) is 19.7 Å². The Morgan fingerprint density at radius 3 is 2.32 bits per heavy atom. The predicted molar refractivity (Wildman–Crippen MR) is 119 cm³/mol. The van der Waals surface area contributed by atoms with Gasteiger partial charge in [0.2, 0.25) is 0 Å². The summed E-state index contributed by atoms with van der Waals surface area (Å²) in [5.74, 6) is 0.540. The molecular formula is C27H25NO3. The van der Waals surface area contributed by atoms with E-state index in [0.717, 1.165) is 18.5 Å². The van der Waals surface area contributed by atoms with Gasteiger partial charge in [-0.1, -0.05) is 72.8 Å². The van der Waals surface area contributed by atoms with Gasteiger partial charge in [0.1, 0.15) is 6.61 Å². The number of rotatable bonds is 4. The van der Waals surface area contributed by atoms with Crippen molar-refractivity contribution in [1.29, 1.82) is 0 Å². The molecule has 0 aromatic heterocycles. The second-order valence-electron chi connectivity index (χ2n) is 9.06. The van der Waals surface area contributed by atoms with Crippen LogP contribution in [0.25, 0.3) is 11.1 Å². The van der Waals surface area contributed by atoms with E-state index in [0.29, 0.717) is 19.1 Å². The zero-order chi connectivity index (χ0) is 21.0. The highest BCUT2D eigenvalue weighted by molar-refractivity contribution is 5.79. The van der Waals surface area contributed by atoms with Crippen LogP contribution < -0.4 is 0 Å². The zero-order valence-corrected chi connectivity index (χ0v) is 17.3. The number of hydrogen-bond donors (Lipinski definition) is 1. The molecule has 4 nitrogen and oxygen atoms in total. The smallest absolute Gasteiger partial charge is 0.409 e. The van der Waals surface area contributed by atoms with Crippen LogP contribution in [0.2, 0.25) is 0 Å². The summed E-state index contributed by atoms with van der Waals surface area (Å²) >= 11 is 0. The topological polar surface area (TPSA) is 49.8 Å². The first-order valence-corrected chi connectivity index (χ1v) is 11.0. The van der Waals surface area contributed by atoms with Gasteiger partial charge in [0.15, 0.2) is 0 Å². The molecule has 0 spiro atoms. The van der Waals surface area contributed by atoms with Crippen LogP contribution in [0, 0.1) is 5.92 Å². The van der Waals surface area contributed by atoms with Gasteiger partial charge in [-0.25, -0.2) is 4.79 Å². The highest BCUT2D eigenvalue weighted by Gasteiger charge is 2.62. The fourth-order valence-electron chi connectivity index (χ4n) is 5.87. The average Bonchev–Trinajstić information content (AvgIpc) is 3.24. The number of aliphatic hydroxyl groups is 1. The summed E-state index contributed by atoms with van der Waals surface area (Å²) in [6, 6.07) is 24.9. The van der Waals surface area contributed by atoms with E-state index in [1.165, 1.54) is 27.8 Å². The van der Waals surface area contributed by atoms with Gasteiger partial charge in [-0.3, -0.25) is 0 Å². The molecule has 4 heteroatoms. The van der Waals surface area contributed by atoms with E-state index in [2.05, 4.69) is 54.6 Å². The van der Waals surface area contributed by atoms with Gasteiger partial charge in [-0.05, 0) is 45.7 Å². The van der Waals surface area contributed by atoms with Crippen molar-refractivity contribution in [3.8, 4) is 11.1 Å². The molecule has 1 saturated heterocycles. The van der Waals surface area contributed by atoms with Gasteiger partial charge in [0.25, 0.3) is 0 Å². The maximum absolute atomic E-state index is 13.0. The van der Waals surface area contributed by atoms with Gasteiger partial charge in [-0.2, -0.15) is 0 Å². The Bertz CT molecular complexity index is 1130. The van der Waals surface area contributed by atoms with Crippen molar-refractivity contribution in [2.45, 2.75) is 24.4 Å². The number of fused-ring (bicyclic) bond motifs is 4. The summed E-state index contributed by atoms with van der Waals surface area (Å²) in [6.45, 7) is 1.80. The molecule has 6 rings (SSSR count). The van der Waals surface area contributed by atoms with Crippen molar-refractivity contribution in [1.82, 2.24) is 4.90 Å². The van der Waals surface area contributed by atoms with Crippen molar-refractivity contribution in [3.05, 3.63) is 95.1 Å². The number of aliphatic hydroxyl groups excluding tert-OH is 1. The Morgan fingerprint density at radius 1 is 0.968 bits per heavy atom. The number of benzene rings is 3. The van der Waals surface area contributed by atoms with Gasteiger partial charge >= 0.3 is 6.09 Å². The van der Waals surface area contributed by atoms with Crippen molar-refractivity contribution in [2.24, 2.45) is 5.92 Å². The number of ether oxygens (including phenoxy) is 1. The average molecular weight is 412 g/mol. The van der Waals surface area contributed by atoms with E-state index < -0.39 is 0 Å². The Labute approximate surface area is 182 Å². The lowest BCUT2D eigenvalue weighted by molar-refractivity contribution is 0.103. The molecule has 1 heterocycles. The molecule has 3 aromatic carbocycles. The first-order chi connectivity index (χ1) is 15.2. The summed E-state index contributed by atoms with van der Waals surface area (Å²) in [4.78, 5) is 14.8. The molecule has 1 aliphatic heterocycles. The number of nitrogens with zero attached hydrogens (tertiary/aromatic N) is 1. The normalized spacial score (nSPS) is 23.3. The second-order valence-corrected chi connectivity index (χ2v) is 9.06. The van der Waals surface area contributed by atoms with Crippen LogP contribution in [0.15, 0.2) is 72.8 Å². The van der Waals surface area contributed by atoms with Crippen LogP contribution in [-0.2, 0) is 16.8 Å². The molecule has 156 valence electrons. The Hall–Kier alpha value is -3.11. The summed E-state index contributed by atoms with van der Waals surface area (Å²) in [7, 11) is 0. The molecule has 2 aliphatic carbocycles. The van der Waals surface area contributed by atoms with E-state index in [1.54, 1.807) is 0 Å². The number of piperidine rings is 1. The predicted octanol–water partition coefficient (Wildman–Crippen LogP) is 4.70. The molecule has 0 bridgehead atoms. The standard InChI is InChI=1S/C27H25NO3/c29-15-18-7-1-6-12-25(18)27-13-19(27)14-28(17-27)26(30)31-16-24-22-10-4-2-8-20(22)21-9-3-5-11-23(21)24/h1-12,19,24,29H,13-17H2. The molecular weight excluding hydrogens is 386 g/mol. The largest absolute Gasteiger partial charge is 0.448 e. The van der Waals surface area contributed by atoms with Gasteiger partial charge in [0, 0.05) is 24.4 Å². The SMILES string of the molecule is O=C(OCC1c2ccccc2-c2ccccc21)N1CC2CC2(c2ccccc2CO)C1. The lowest BCUT2D eigenvalue weighted by Crippen LogP contribution is -2.34. The highest BCUT2D eigenvalue weighted by atomic mass is 16.6. The van der Waals surface area contributed by atoms with Crippen molar-refractivity contribution in [3.63, 3.8) is 0 Å². The molecule has 0 radical (unpaired) electrons.